The Morgan fingerprint density at radius 2 is 1.17 bits per heavy atom. The summed E-state index contributed by atoms with van der Waals surface area (Å²) in [5, 5.41) is 0. The van der Waals surface area contributed by atoms with Crippen LogP contribution in [0.4, 0.5) is 0 Å². The van der Waals surface area contributed by atoms with Gasteiger partial charge >= 0.3 is 11.9 Å². The minimum absolute atomic E-state index is 0.221. The lowest BCUT2D eigenvalue weighted by molar-refractivity contribution is -0.156. The van der Waals surface area contributed by atoms with Crippen molar-refractivity contribution in [1.29, 1.82) is 0 Å². The van der Waals surface area contributed by atoms with Crippen LogP contribution in [0, 0.1) is 35.5 Å². The summed E-state index contributed by atoms with van der Waals surface area (Å²) in [7, 11) is 0. The van der Waals surface area contributed by atoms with E-state index in [1.807, 2.05) is 0 Å². The highest BCUT2D eigenvalue weighted by molar-refractivity contribution is 5.91. The zero-order valence-corrected chi connectivity index (χ0v) is 13.9. The van der Waals surface area contributed by atoms with Gasteiger partial charge in [-0.1, -0.05) is 12.8 Å². The molecule has 0 amide bonds. The van der Waals surface area contributed by atoms with E-state index in [0.717, 1.165) is 23.7 Å². The molecule has 0 N–H and O–H groups in total. The first-order valence-electron chi connectivity index (χ1n) is 9.48. The smallest absolute Gasteiger partial charge is 0.317 e. The maximum atomic E-state index is 11.8. The number of ether oxygens (including phenoxy) is 2. The van der Waals surface area contributed by atoms with Gasteiger partial charge in [-0.3, -0.25) is 9.59 Å². The van der Waals surface area contributed by atoms with Gasteiger partial charge in [0.25, 0.3) is 0 Å². The Morgan fingerprint density at radius 1 is 0.696 bits per heavy atom. The predicted molar refractivity (Wildman–Crippen MR) is 84.4 cm³/mol. The molecule has 0 aromatic heterocycles. The summed E-state index contributed by atoms with van der Waals surface area (Å²) in [6.45, 7) is 0.999. The van der Waals surface area contributed by atoms with Crippen LogP contribution in [0.15, 0.2) is 0 Å². The van der Waals surface area contributed by atoms with E-state index in [-0.39, 0.29) is 6.42 Å². The minimum Gasteiger partial charge on any atom is -0.465 e. The molecule has 4 fully saturated rings. The lowest BCUT2D eigenvalue weighted by Gasteiger charge is -2.22. The summed E-state index contributed by atoms with van der Waals surface area (Å²) in [6, 6.07) is 0. The Bertz CT molecular complexity index is 432. The largest absolute Gasteiger partial charge is 0.465 e. The molecule has 4 aliphatic carbocycles. The van der Waals surface area contributed by atoms with Crippen molar-refractivity contribution in [3.63, 3.8) is 0 Å². The summed E-state index contributed by atoms with van der Waals surface area (Å²) in [6.07, 6.45) is 10.1. The third kappa shape index (κ3) is 3.41. The Hall–Kier alpha value is -1.06. The Balaban J connectivity index is 1.12. The quantitative estimate of drug-likeness (QED) is 0.556. The zero-order chi connectivity index (χ0) is 15.8. The topological polar surface area (TPSA) is 52.6 Å². The molecule has 0 aromatic rings. The van der Waals surface area contributed by atoms with Crippen molar-refractivity contribution in [3.8, 4) is 0 Å². The van der Waals surface area contributed by atoms with Crippen LogP contribution in [-0.4, -0.2) is 25.2 Å². The number of carbonyl (C=O) groups excluding carboxylic acids is 2. The van der Waals surface area contributed by atoms with E-state index in [4.69, 9.17) is 9.47 Å². The van der Waals surface area contributed by atoms with Gasteiger partial charge in [0, 0.05) is 0 Å². The van der Waals surface area contributed by atoms with Gasteiger partial charge in [0.1, 0.15) is 6.42 Å². The molecule has 0 radical (unpaired) electrons. The van der Waals surface area contributed by atoms with Gasteiger partial charge in [-0.15, -0.1) is 0 Å². The number of esters is 2. The van der Waals surface area contributed by atoms with Gasteiger partial charge in [-0.25, -0.2) is 0 Å². The molecule has 128 valence electrons. The van der Waals surface area contributed by atoms with E-state index in [0.29, 0.717) is 25.0 Å². The van der Waals surface area contributed by atoms with Gasteiger partial charge in [-0.2, -0.15) is 0 Å². The normalized spacial score (nSPS) is 40.5. The molecule has 0 saturated heterocycles. The number of hydrogen-bond donors (Lipinski definition) is 0. The van der Waals surface area contributed by atoms with Crippen molar-refractivity contribution in [2.75, 3.05) is 13.2 Å². The van der Waals surface area contributed by atoms with E-state index in [9.17, 15) is 9.59 Å². The van der Waals surface area contributed by atoms with Crippen LogP contribution < -0.4 is 0 Å². The SMILES string of the molecule is O=C(CC(=O)OCC1CC2CCC1C2)OCC1CC2CCC1C2. The number of rotatable bonds is 6. The first-order chi connectivity index (χ1) is 11.2. The highest BCUT2D eigenvalue weighted by Gasteiger charge is 2.41. The van der Waals surface area contributed by atoms with Crippen LogP contribution in [-0.2, 0) is 19.1 Å². The molecule has 0 spiro atoms. The van der Waals surface area contributed by atoms with Crippen molar-refractivity contribution in [1.82, 2.24) is 0 Å². The lowest BCUT2D eigenvalue weighted by Crippen LogP contribution is -2.23. The molecule has 6 atom stereocenters. The number of carbonyl (C=O) groups is 2. The number of hydrogen-bond acceptors (Lipinski definition) is 4. The Labute approximate surface area is 138 Å². The second kappa shape index (κ2) is 6.45. The Kier molecular flexibility index (Phi) is 4.33. The molecule has 4 bridgehead atoms. The van der Waals surface area contributed by atoms with Gasteiger partial charge in [0.2, 0.25) is 0 Å². The minimum atomic E-state index is -0.411. The standard InChI is InChI=1S/C19H28O4/c20-18(22-10-16-7-12-1-3-14(16)5-12)9-19(21)23-11-17-8-13-2-4-15(17)6-13/h12-17H,1-11H2. The highest BCUT2D eigenvalue weighted by atomic mass is 16.6. The molecule has 0 aromatic carbocycles. The maximum absolute atomic E-state index is 11.8. The predicted octanol–water partition coefficient (Wildman–Crippen LogP) is 3.34. The van der Waals surface area contributed by atoms with Crippen LogP contribution in [0.25, 0.3) is 0 Å². The third-order valence-electron chi connectivity index (χ3n) is 6.97. The number of fused-ring (bicyclic) bond motifs is 4. The molecular formula is C19H28O4. The average molecular weight is 320 g/mol. The van der Waals surface area contributed by atoms with Gasteiger partial charge in [0.05, 0.1) is 13.2 Å². The first kappa shape index (κ1) is 15.5. The molecule has 0 aliphatic heterocycles. The Morgan fingerprint density at radius 3 is 1.52 bits per heavy atom. The molecule has 4 heteroatoms. The van der Waals surface area contributed by atoms with Crippen molar-refractivity contribution < 1.29 is 19.1 Å². The molecule has 6 unspecified atom stereocenters. The van der Waals surface area contributed by atoms with E-state index in [1.165, 1.54) is 51.4 Å². The molecular weight excluding hydrogens is 292 g/mol. The van der Waals surface area contributed by atoms with Crippen LogP contribution in [0.2, 0.25) is 0 Å². The van der Waals surface area contributed by atoms with E-state index < -0.39 is 11.9 Å². The molecule has 4 rings (SSSR count). The van der Waals surface area contributed by atoms with Crippen LogP contribution in [0.5, 0.6) is 0 Å². The molecule has 23 heavy (non-hydrogen) atoms. The monoisotopic (exact) mass is 320 g/mol. The fourth-order valence-electron chi connectivity index (χ4n) is 5.78. The van der Waals surface area contributed by atoms with Crippen molar-refractivity contribution in [3.05, 3.63) is 0 Å². The summed E-state index contributed by atoms with van der Waals surface area (Å²) >= 11 is 0. The van der Waals surface area contributed by atoms with Crippen molar-refractivity contribution in [2.24, 2.45) is 35.5 Å². The first-order valence-corrected chi connectivity index (χ1v) is 9.48. The molecule has 4 nitrogen and oxygen atoms in total. The molecule has 4 saturated carbocycles. The van der Waals surface area contributed by atoms with E-state index in [1.54, 1.807) is 0 Å². The van der Waals surface area contributed by atoms with Crippen LogP contribution in [0.1, 0.15) is 57.8 Å². The van der Waals surface area contributed by atoms with Crippen LogP contribution in [0.3, 0.4) is 0 Å². The van der Waals surface area contributed by atoms with Crippen LogP contribution >= 0.6 is 0 Å². The highest BCUT2D eigenvalue weighted by Crippen LogP contribution is 2.49. The lowest BCUT2D eigenvalue weighted by atomic mass is 9.89. The second-order valence-corrected chi connectivity index (χ2v) is 8.41. The fourth-order valence-corrected chi connectivity index (χ4v) is 5.78. The van der Waals surface area contributed by atoms with Gasteiger partial charge in [0.15, 0.2) is 0 Å². The zero-order valence-electron chi connectivity index (χ0n) is 13.9. The van der Waals surface area contributed by atoms with E-state index >= 15 is 0 Å². The summed E-state index contributed by atoms with van der Waals surface area (Å²) in [5.74, 6) is 3.45. The van der Waals surface area contributed by atoms with Gasteiger partial charge in [-0.05, 0) is 74.0 Å². The second-order valence-electron chi connectivity index (χ2n) is 8.41. The third-order valence-corrected chi connectivity index (χ3v) is 6.97. The fraction of sp³-hybridized carbons (Fsp3) is 0.895. The van der Waals surface area contributed by atoms with Crippen molar-refractivity contribution >= 4 is 11.9 Å². The van der Waals surface area contributed by atoms with Gasteiger partial charge < -0.3 is 9.47 Å². The summed E-state index contributed by atoms with van der Waals surface area (Å²) < 4.78 is 10.7. The molecule has 0 heterocycles. The maximum Gasteiger partial charge on any atom is 0.317 e. The van der Waals surface area contributed by atoms with E-state index in [2.05, 4.69) is 0 Å². The molecule has 4 aliphatic rings. The summed E-state index contributed by atoms with van der Waals surface area (Å²) in [4.78, 5) is 23.6. The average Bonchev–Trinajstić information content (AvgIpc) is 3.30. The van der Waals surface area contributed by atoms with Crippen molar-refractivity contribution in [2.45, 2.75) is 57.8 Å². The summed E-state index contributed by atoms with van der Waals surface area (Å²) in [5.41, 5.74) is 0.